The van der Waals surface area contributed by atoms with Gasteiger partial charge < -0.3 is 9.47 Å². The van der Waals surface area contributed by atoms with Gasteiger partial charge in [-0.15, -0.1) is 10.2 Å². The molecular weight excluding hydrogens is 396 g/mol. The number of pyridine rings is 1. The van der Waals surface area contributed by atoms with E-state index < -0.39 is 0 Å². The maximum Gasteiger partial charge on any atom is 0.191 e. The summed E-state index contributed by atoms with van der Waals surface area (Å²) in [5.41, 5.74) is 2.14. The van der Waals surface area contributed by atoms with Crippen molar-refractivity contribution in [2.24, 2.45) is 0 Å². The van der Waals surface area contributed by atoms with E-state index >= 15 is 0 Å². The number of aromatic nitrogens is 4. The molecular formula is C23H22N4O2S. The number of thioether (sulfide) groups is 1. The van der Waals surface area contributed by atoms with Gasteiger partial charge in [-0.2, -0.15) is 0 Å². The highest BCUT2D eigenvalue weighted by molar-refractivity contribution is 7.99. The number of hydrogen-bond donors (Lipinski definition) is 0. The summed E-state index contributed by atoms with van der Waals surface area (Å²) >= 11 is 1.63. The van der Waals surface area contributed by atoms with E-state index in [2.05, 4.69) is 31.9 Å². The van der Waals surface area contributed by atoms with Gasteiger partial charge in [0.05, 0.1) is 20.3 Å². The van der Waals surface area contributed by atoms with E-state index in [0.717, 1.165) is 33.8 Å². The third-order valence-electron chi connectivity index (χ3n) is 4.46. The third kappa shape index (κ3) is 4.99. The maximum atomic E-state index is 5.83. The van der Waals surface area contributed by atoms with Crippen LogP contribution in [0.25, 0.3) is 11.4 Å². The predicted octanol–water partition coefficient (Wildman–Crippen LogP) is 4.57. The molecule has 4 rings (SSSR count). The normalized spacial score (nSPS) is 10.7. The molecule has 0 saturated carbocycles. The van der Waals surface area contributed by atoms with E-state index in [1.807, 2.05) is 60.8 Å². The summed E-state index contributed by atoms with van der Waals surface area (Å²) in [7, 11) is 1.65. The van der Waals surface area contributed by atoms with Crippen molar-refractivity contribution in [3.63, 3.8) is 0 Å². The molecule has 0 radical (unpaired) electrons. The molecule has 0 aliphatic rings. The second-order valence-corrected chi connectivity index (χ2v) is 7.55. The molecule has 0 aliphatic heterocycles. The Morgan fingerprint density at radius 1 is 0.900 bits per heavy atom. The van der Waals surface area contributed by atoms with E-state index in [4.69, 9.17) is 9.47 Å². The van der Waals surface area contributed by atoms with Crippen LogP contribution in [-0.2, 0) is 6.54 Å². The number of ether oxygens (including phenoxy) is 2. The Kier molecular flexibility index (Phi) is 6.61. The van der Waals surface area contributed by atoms with Crippen molar-refractivity contribution >= 4 is 11.8 Å². The van der Waals surface area contributed by atoms with Gasteiger partial charge in [-0.3, -0.25) is 9.55 Å². The average molecular weight is 419 g/mol. The standard InChI is InChI=1S/C23H22N4O2S/c1-28-20-9-11-21(12-10-20)29-14-15-30-23-26-25-22(19-8-5-13-24-16-19)27(23)17-18-6-3-2-4-7-18/h2-13,16H,14-15,17H2,1H3. The molecule has 0 aliphatic carbocycles. The van der Waals surface area contributed by atoms with Gasteiger partial charge in [0, 0.05) is 23.7 Å². The minimum atomic E-state index is 0.567. The fraction of sp³-hybridized carbons (Fsp3) is 0.174. The van der Waals surface area contributed by atoms with Crippen LogP contribution in [0.1, 0.15) is 5.56 Å². The number of hydrogen-bond acceptors (Lipinski definition) is 6. The topological polar surface area (TPSA) is 62.1 Å². The monoisotopic (exact) mass is 418 g/mol. The third-order valence-corrected chi connectivity index (χ3v) is 5.39. The highest BCUT2D eigenvalue weighted by Gasteiger charge is 2.15. The minimum absolute atomic E-state index is 0.567. The van der Waals surface area contributed by atoms with Crippen molar-refractivity contribution in [1.82, 2.24) is 19.7 Å². The predicted molar refractivity (Wildman–Crippen MR) is 118 cm³/mol. The van der Waals surface area contributed by atoms with Crippen LogP contribution >= 0.6 is 11.8 Å². The van der Waals surface area contributed by atoms with Crippen LogP contribution in [0.4, 0.5) is 0 Å². The van der Waals surface area contributed by atoms with E-state index in [1.165, 1.54) is 5.56 Å². The lowest BCUT2D eigenvalue weighted by Gasteiger charge is -2.11. The molecule has 2 heterocycles. The number of rotatable bonds is 9. The molecule has 0 N–H and O–H groups in total. The summed E-state index contributed by atoms with van der Waals surface area (Å²) in [4.78, 5) is 4.22. The van der Waals surface area contributed by atoms with Gasteiger partial charge >= 0.3 is 0 Å². The molecule has 152 valence electrons. The van der Waals surface area contributed by atoms with Gasteiger partial charge in [0.15, 0.2) is 11.0 Å². The van der Waals surface area contributed by atoms with Crippen LogP contribution in [0.15, 0.2) is 84.3 Å². The van der Waals surface area contributed by atoms with E-state index in [0.29, 0.717) is 13.2 Å². The Labute approximate surface area is 179 Å². The Morgan fingerprint density at radius 3 is 2.43 bits per heavy atom. The molecule has 0 spiro atoms. The summed E-state index contributed by atoms with van der Waals surface area (Å²) in [6.07, 6.45) is 3.57. The lowest BCUT2D eigenvalue weighted by atomic mass is 10.2. The van der Waals surface area contributed by atoms with Crippen molar-refractivity contribution in [3.8, 4) is 22.9 Å². The van der Waals surface area contributed by atoms with Gasteiger partial charge in [0.25, 0.3) is 0 Å². The fourth-order valence-electron chi connectivity index (χ4n) is 2.98. The smallest absolute Gasteiger partial charge is 0.191 e. The van der Waals surface area contributed by atoms with Crippen LogP contribution in [0.3, 0.4) is 0 Å². The van der Waals surface area contributed by atoms with E-state index in [1.54, 1.807) is 25.1 Å². The lowest BCUT2D eigenvalue weighted by molar-refractivity contribution is 0.342. The quantitative estimate of drug-likeness (QED) is 0.293. The highest BCUT2D eigenvalue weighted by atomic mass is 32.2. The second kappa shape index (κ2) is 9.93. The Morgan fingerprint density at radius 2 is 1.70 bits per heavy atom. The van der Waals surface area contributed by atoms with Crippen molar-refractivity contribution < 1.29 is 9.47 Å². The maximum absolute atomic E-state index is 5.83. The first kappa shape index (κ1) is 20.0. The molecule has 0 atom stereocenters. The minimum Gasteiger partial charge on any atom is -0.497 e. The molecule has 0 unspecified atom stereocenters. The van der Waals surface area contributed by atoms with Gasteiger partial charge in [0.1, 0.15) is 11.5 Å². The van der Waals surface area contributed by atoms with Crippen LogP contribution in [0, 0.1) is 0 Å². The highest BCUT2D eigenvalue weighted by Crippen LogP contribution is 2.25. The van der Waals surface area contributed by atoms with E-state index in [-0.39, 0.29) is 0 Å². The zero-order valence-corrected chi connectivity index (χ0v) is 17.5. The van der Waals surface area contributed by atoms with Crippen LogP contribution < -0.4 is 9.47 Å². The average Bonchev–Trinajstić information content (AvgIpc) is 3.20. The Balaban J connectivity index is 1.46. The Bertz CT molecular complexity index is 1050. The molecule has 2 aromatic heterocycles. The second-order valence-electron chi connectivity index (χ2n) is 6.49. The summed E-state index contributed by atoms with van der Waals surface area (Å²) in [6.45, 7) is 1.26. The van der Waals surface area contributed by atoms with Gasteiger partial charge in [-0.1, -0.05) is 42.1 Å². The zero-order chi connectivity index (χ0) is 20.6. The summed E-state index contributed by atoms with van der Waals surface area (Å²) < 4.78 is 13.1. The summed E-state index contributed by atoms with van der Waals surface area (Å²) in [6, 6.07) is 21.8. The van der Waals surface area contributed by atoms with Crippen LogP contribution in [0.2, 0.25) is 0 Å². The van der Waals surface area contributed by atoms with Crippen molar-refractivity contribution in [1.29, 1.82) is 0 Å². The number of nitrogens with zero attached hydrogens (tertiary/aromatic N) is 4. The van der Waals surface area contributed by atoms with Gasteiger partial charge in [-0.25, -0.2) is 0 Å². The zero-order valence-electron chi connectivity index (χ0n) is 16.6. The molecule has 30 heavy (non-hydrogen) atoms. The molecule has 6 nitrogen and oxygen atoms in total. The first-order valence-electron chi connectivity index (χ1n) is 9.60. The SMILES string of the molecule is COc1ccc(OCCSc2nnc(-c3cccnc3)n2Cc2ccccc2)cc1. The molecule has 0 amide bonds. The number of methoxy groups -OCH3 is 1. The van der Waals surface area contributed by atoms with Crippen LogP contribution in [-0.4, -0.2) is 39.2 Å². The summed E-state index contributed by atoms with van der Waals surface area (Å²) in [5.74, 6) is 3.20. The van der Waals surface area contributed by atoms with E-state index in [9.17, 15) is 0 Å². The molecule has 0 bridgehead atoms. The van der Waals surface area contributed by atoms with Crippen molar-refractivity contribution in [2.75, 3.05) is 19.5 Å². The first-order chi connectivity index (χ1) is 14.8. The molecule has 0 fully saturated rings. The van der Waals surface area contributed by atoms with Crippen LogP contribution in [0.5, 0.6) is 11.5 Å². The Hall–Kier alpha value is -3.32. The fourth-order valence-corrected chi connectivity index (χ4v) is 3.73. The number of benzene rings is 2. The molecule has 0 saturated heterocycles. The lowest BCUT2D eigenvalue weighted by Crippen LogP contribution is -2.06. The first-order valence-corrected chi connectivity index (χ1v) is 10.6. The van der Waals surface area contributed by atoms with Gasteiger partial charge in [-0.05, 0) is 42.0 Å². The summed E-state index contributed by atoms with van der Waals surface area (Å²) in [5, 5.41) is 9.73. The van der Waals surface area contributed by atoms with Gasteiger partial charge in [0.2, 0.25) is 0 Å². The van der Waals surface area contributed by atoms with Crippen molar-refractivity contribution in [3.05, 3.63) is 84.7 Å². The molecule has 7 heteroatoms. The largest absolute Gasteiger partial charge is 0.497 e. The molecule has 4 aromatic rings. The van der Waals surface area contributed by atoms with Crippen molar-refractivity contribution in [2.45, 2.75) is 11.7 Å². The molecule has 2 aromatic carbocycles.